The predicted octanol–water partition coefficient (Wildman–Crippen LogP) is 4.93. The predicted molar refractivity (Wildman–Crippen MR) is 97.1 cm³/mol. The molecule has 0 fully saturated rings. The van der Waals surface area contributed by atoms with Crippen LogP contribution in [0.5, 0.6) is 0 Å². The largest absolute Gasteiger partial charge is 0.287 e. The highest BCUT2D eigenvalue weighted by Gasteiger charge is 2.46. The van der Waals surface area contributed by atoms with Crippen LogP contribution in [0.4, 0.5) is 11.4 Å². The fraction of sp³-hybridized carbons (Fsp3) is 0.0952. The molecule has 0 bridgehead atoms. The van der Waals surface area contributed by atoms with Gasteiger partial charge in [0.05, 0.1) is 17.1 Å². The number of hydrogen-bond donors (Lipinski definition) is 1. The van der Waals surface area contributed by atoms with E-state index < -0.39 is 5.54 Å². The first kappa shape index (κ1) is 14.7. The molecule has 3 heteroatoms. The summed E-state index contributed by atoms with van der Waals surface area (Å²) in [5.41, 5.74) is 3.71. The van der Waals surface area contributed by atoms with Gasteiger partial charge in [-0.05, 0) is 30.7 Å². The molecule has 4 rings (SSSR count). The van der Waals surface area contributed by atoms with E-state index in [1.807, 2.05) is 91.9 Å². The van der Waals surface area contributed by atoms with E-state index in [9.17, 15) is 5.21 Å². The maximum absolute atomic E-state index is 11.0. The van der Waals surface area contributed by atoms with Crippen LogP contribution in [0.3, 0.4) is 0 Å². The number of benzene rings is 3. The standard InChI is InChI=1S/C21H18N2O/c1-21(16-10-4-2-5-11-16)20(22-17-12-6-3-7-13-17)18-14-8-9-15-19(18)23(21)24/h2-15,24H,1H3. The third kappa shape index (κ3) is 2.14. The van der Waals surface area contributed by atoms with Crippen molar-refractivity contribution in [2.45, 2.75) is 12.5 Å². The number of anilines is 1. The lowest BCUT2D eigenvalue weighted by molar-refractivity contribution is 0.203. The van der Waals surface area contributed by atoms with Gasteiger partial charge in [0.2, 0.25) is 0 Å². The summed E-state index contributed by atoms with van der Waals surface area (Å²) in [6.45, 7) is 2.00. The number of aliphatic imine (C=N–C) groups is 1. The van der Waals surface area contributed by atoms with E-state index in [0.717, 1.165) is 28.2 Å². The Hall–Kier alpha value is -2.91. The molecular formula is C21H18N2O. The van der Waals surface area contributed by atoms with Gasteiger partial charge in [0, 0.05) is 5.56 Å². The second-order valence-corrected chi connectivity index (χ2v) is 6.06. The topological polar surface area (TPSA) is 35.8 Å². The lowest BCUT2D eigenvalue weighted by atomic mass is 9.86. The maximum atomic E-state index is 11.0. The molecule has 1 N–H and O–H groups in total. The summed E-state index contributed by atoms with van der Waals surface area (Å²) in [4.78, 5) is 4.89. The summed E-state index contributed by atoms with van der Waals surface area (Å²) in [7, 11) is 0. The van der Waals surface area contributed by atoms with E-state index in [1.165, 1.54) is 5.06 Å². The molecule has 24 heavy (non-hydrogen) atoms. The highest BCUT2D eigenvalue weighted by molar-refractivity contribution is 6.17. The van der Waals surface area contributed by atoms with Crippen LogP contribution in [-0.2, 0) is 5.54 Å². The molecule has 0 spiro atoms. The highest BCUT2D eigenvalue weighted by Crippen LogP contribution is 2.44. The summed E-state index contributed by atoms with van der Waals surface area (Å²) < 4.78 is 0. The molecule has 1 atom stereocenters. The molecule has 3 aromatic carbocycles. The Kier molecular flexibility index (Phi) is 3.44. The Bertz CT molecular complexity index is 890. The van der Waals surface area contributed by atoms with E-state index in [0.29, 0.717) is 0 Å². The van der Waals surface area contributed by atoms with E-state index in [4.69, 9.17) is 4.99 Å². The number of nitrogens with zero attached hydrogens (tertiary/aromatic N) is 2. The third-order valence-electron chi connectivity index (χ3n) is 4.61. The van der Waals surface area contributed by atoms with E-state index >= 15 is 0 Å². The molecule has 0 aliphatic carbocycles. The molecule has 3 aromatic rings. The van der Waals surface area contributed by atoms with E-state index in [-0.39, 0.29) is 0 Å². The minimum atomic E-state index is -0.735. The third-order valence-corrected chi connectivity index (χ3v) is 4.61. The van der Waals surface area contributed by atoms with Crippen LogP contribution >= 0.6 is 0 Å². The molecule has 118 valence electrons. The summed E-state index contributed by atoms with van der Waals surface area (Å²) in [6.07, 6.45) is 0. The van der Waals surface area contributed by atoms with Crippen molar-refractivity contribution in [2.75, 3.05) is 5.06 Å². The first-order valence-corrected chi connectivity index (χ1v) is 7.99. The van der Waals surface area contributed by atoms with E-state index in [1.54, 1.807) is 0 Å². The van der Waals surface area contributed by atoms with Crippen LogP contribution in [0, 0.1) is 0 Å². The highest BCUT2D eigenvalue weighted by atomic mass is 16.5. The molecule has 0 saturated carbocycles. The van der Waals surface area contributed by atoms with Crippen LogP contribution in [0.2, 0.25) is 0 Å². The Balaban J connectivity index is 1.97. The Morgan fingerprint density at radius 1 is 0.792 bits per heavy atom. The molecular weight excluding hydrogens is 296 g/mol. The van der Waals surface area contributed by atoms with Crippen LogP contribution < -0.4 is 5.06 Å². The molecule has 1 aliphatic heterocycles. The van der Waals surface area contributed by atoms with Gasteiger partial charge in [0.25, 0.3) is 0 Å². The number of rotatable bonds is 2. The molecule has 0 radical (unpaired) electrons. The van der Waals surface area contributed by atoms with Crippen LogP contribution in [0.25, 0.3) is 0 Å². The SMILES string of the molecule is CC1(c2ccccc2)C(=Nc2ccccc2)c2ccccc2N1O. The van der Waals surface area contributed by atoms with Crippen molar-refractivity contribution in [3.63, 3.8) is 0 Å². The molecule has 0 saturated heterocycles. The van der Waals surface area contributed by atoms with Gasteiger partial charge in [0.1, 0.15) is 5.54 Å². The lowest BCUT2D eigenvalue weighted by Gasteiger charge is -2.32. The number of hydrogen-bond acceptors (Lipinski definition) is 3. The van der Waals surface area contributed by atoms with Gasteiger partial charge >= 0.3 is 0 Å². The van der Waals surface area contributed by atoms with E-state index in [2.05, 4.69) is 0 Å². The average Bonchev–Trinajstić information content (AvgIpc) is 2.87. The minimum Gasteiger partial charge on any atom is -0.287 e. The van der Waals surface area contributed by atoms with Gasteiger partial charge in [-0.2, -0.15) is 0 Å². The fourth-order valence-electron chi connectivity index (χ4n) is 3.28. The van der Waals surface area contributed by atoms with Crippen molar-refractivity contribution in [1.82, 2.24) is 0 Å². The zero-order valence-electron chi connectivity index (χ0n) is 13.4. The minimum absolute atomic E-state index is 0.735. The second-order valence-electron chi connectivity index (χ2n) is 6.06. The van der Waals surface area contributed by atoms with Crippen molar-refractivity contribution < 1.29 is 5.21 Å². The van der Waals surface area contributed by atoms with Gasteiger partial charge in [0.15, 0.2) is 0 Å². The summed E-state index contributed by atoms with van der Waals surface area (Å²) >= 11 is 0. The van der Waals surface area contributed by atoms with Gasteiger partial charge in [-0.3, -0.25) is 5.21 Å². The zero-order valence-corrected chi connectivity index (χ0v) is 13.4. The van der Waals surface area contributed by atoms with Crippen molar-refractivity contribution in [3.05, 3.63) is 96.1 Å². The first-order chi connectivity index (χ1) is 11.7. The summed E-state index contributed by atoms with van der Waals surface area (Å²) in [5, 5.41) is 12.3. The smallest absolute Gasteiger partial charge is 0.132 e. The first-order valence-electron chi connectivity index (χ1n) is 7.99. The second kappa shape index (κ2) is 5.62. The average molecular weight is 314 g/mol. The molecule has 1 unspecified atom stereocenters. The normalized spacial score (nSPS) is 21.1. The van der Waals surface area contributed by atoms with Crippen LogP contribution in [-0.4, -0.2) is 10.9 Å². The Labute approximate surface area is 141 Å². The van der Waals surface area contributed by atoms with Crippen LogP contribution in [0.1, 0.15) is 18.1 Å². The Morgan fingerprint density at radius 3 is 2.08 bits per heavy atom. The number of hydroxylamine groups is 1. The Morgan fingerprint density at radius 2 is 1.38 bits per heavy atom. The van der Waals surface area contributed by atoms with Crippen LogP contribution in [0.15, 0.2) is 89.9 Å². The molecule has 0 aromatic heterocycles. The summed E-state index contributed by atoms with van der Waals surface area (Å²) in [5.74, 6) is 0. The summed E-state index contributed by atoms with van der Waals surface area (Å²) in [6, 6.07) is 27.7. The maximum Gasteiger partial charge on any atom is 0.132 e. The molecule has 0 amide bonds. The monoisotopic (exact) mass is 314 g/mol. The zero-order chi connectivity index (χ0) is 16.6. The van der Waals surface area contributed by atoms with Crippen molar-refractivity contribution in [2.24, 2.45) is 4.99 Å². The van der Waals surface area contributed by atoms with Gasteiger partial charge in [-0.25, -0.2) is 10.1 Å². The number of fused-ring (bicyclic) bond motifs is 1. The van der Waals surface area contributed by atoms with Crippen molar-refractivity contribution >= 4 is 17.1 Å². The van der Waals surface area contributed by atoms with Crippen molar-refractivity contribution in [3.8, 4) is 0 Å². The lowest BCUT2D eigenvalue weighted by Crippen LogP contribution is -2.43. The number of para-hydroxylation sites is 2. The van der Waals surface area contributed by atoms with Gasteiger partial charge in [-0.15, -0.1) is 0 Å². The quantitative estimate of drug-likeness (QED) is 0.728. The molecule has 1 heterocycles. The molecule has 3 nitrogen and oxygen atoms in total. The van der Waals surface area contributed by atoms with Crippen molar-refractivity contribution in [1.29, 1.82) is 0 Å². The fourth-order valence-corrected chi connectivity index (χ4v) is 3.28. The van der Waals surface area contributed by atoms with Gasteiger partial charge in [-0.1, -0.05) is 66.7 Å². The molecule has 1 aliphatic rings. The van der Waals surface area contributed by atoms with Gasteiger partial charge < -0.3 is 0 Å².